The van der Waals surface area contributed by atoms with Crippen molar-refractivity contribution in [2.75, 3.05) is 0 Å². The molecule has 0 spiro atoms. The lowest BCUT2D eigenvalue weighted by Crippen LogP contribution is -2.15. The highest BCUT2D eigenvalue weighted by molar-refractivity contribution is 6.45. The Hall–Kier alpha value is -2.43. The second-order valence-electron chi connectivity index (χ2n) is 3.31. The van der Waals surface area contributed by atoms with Crippen molar-refractivity contribution in [1.29, 1.82) is 0 Å². The molecule has 5 heteroatoms. The highest BCUT2D eigenvalue weighted by atomic mass is 16.5. The van der Waals surface area contributed by atoms with Crippen LogP contribution in [0.25, 0.3) is 11.0 Å². The number of ether oxygens (including phenoxy) is 1. The van der Waals surface area contributed by atoms with Gasteiger partial charge < -0.3 is 9.15 Å². The van der Waals surface area contributed by atoms with E-state index in [1.807, 2.05) is 0 Å². The topological polar surface area (TPSA) is 73.6 Å². The van der Waals surface area contributed by atoms with E-state index < -0.39 is 17.4 Å². The number of Topliss-reactive ketones (excluding diaryl/α,β-unsaturated/α-hetero) is 1. The second-order valence-corrected chi connectivity index (χ2v) is 3.31. The summed E-state index contributed by atoms with van der Waals surface area (Å²) in [6.45, 7) is 0. The molecule has 2 heterocycles. The van der Waals surface area contributed by atoms with Crippen LogP contribution in [0.15, 0.2) is 33.5 Å². The normalized spacial score (nSPS) is 14.0. The standard InChI is InChI=1S/C11H4O5/c12-8-7-9(16-11(8)14)5-3-1-2-4-6(5)15-10(7)13/h1-4H. The SMILES string of the molecule is O=C1Oc2c(c(=O)oc3ccccc23)C1=O. The van der Waals surface area contributed by atoms with Crippen molar-refractivity contribution in [3.05, 3.63) is 40.2 Å². The van der Waals surface area contributed by atoms with E-state index in [0.29, 0.717) is 5.39 Å². The van der Waals surface area contributed by atoms with Crippen LogP contribution in [0.4, 0.5) is 0 Å². The van der Waals surface area contributed by atoms with E-state index in [9.17, 15) is 14.4 Å². The van der Waals surface area contributed by atoms with Gasteiger partial charge >= 0.3 is 11.6 Å². The van der Waals surface area contributed by atoms with Crippen LogP contribution in [0.5, 0.6) is 5.75 Å². The highest BCUT2D eigenvalue weighted by Gasteiger charge is 2.36. The first-order valence-corrected chi connectivity index (χ1v) is 4.51. The minimum Gasteiger partial charge on any atom is -0.422 e. The van der Waals surface area contributed by atoms with Gasteiger partial charge in [0.15, 0.2) is 11.3 Å². The monoisotopic (exact) mass is 216 g/mol. The van der Waals surface area contributed by atoms with Crippen LogP contribution >= 0.6 is 0 Å². The summed E-state index contributed by atoms with van der Waals surface area (Å²) in [4.78, 5) is 33.9. The number of esters is 1. The molecule has 5 nitrogen and oxygen atoms in total. The molecule has 0 bridgehead atoms. The van der Waals surface area contributed by atoms with E-state index in [1.165, 1.54) is 0 Å². The van der Waals surface area contributed by atoms with Gasteiger partial charge in [-0.15, -0.1) is 0 Å². The Morgan fingerprint density at radius 2 is 1.75 bits per heavy atom. The molecule has 1 aliphatic heterocycles. The first kappa shape index (κ1) is 8.84. The number of fused-ring (bicyclic) bond motifs is 3. The van der Waals surface area contributed by atoms with Gasteiger partial charge in [0.25, 0.3) is 5.78 Å². The average Bonchev–Trinajstić information content (AvgIpc) is 2.57. The Labute approximate surface area is 88.2 Å². The molecule has 2 aromatic rings. The van der Waals surface area contributed by atoms with E-state index in [2.05, 4.69) is 0 Å². The molecule has 0 N–H and O–H groups in total. The number of hydrogen-bond donors (Lipinski definition) is 0. The molecule has 0 fully saturated rings. The van der Waals surface area contributed by atoms with Crippen molar-refractivity contribution in [1.82, 2.24) is 0 Å². The van der Waals surface area contributed by atoms with Crippen LogP contribution in [0, 0.1) is 0 Å². The lowest BCUT2D eigenvalue weighted by Gasteiger charge is -1.99. The van der Waals surface area contributed by atoms with Crippen molar-refractivity contribution in [2.45, 2.75) is 0 Å². The maximum Gasteiger partial charge on any atom is 0.385 e. The van der Waals surface area contributed by atoms with Crippen LogP contribution in [0.3, 0.4) is 0 Å². The number of carbonyl (C=O) groups is 2. The zero-order chi connectivity index (χ0) is 11.3. The molecule has 78 valence electrons. The number of ketones is 1. The molecule has 0 radical (unpaired) electrons. The van der Waals surface area contributed by atoms with E-state index >= 15 is 0 Å². The largest absolute Gasteiger partial charge is 0.422 e. The van der Waals surface area contributed by atoms with Gasteiger partial charge in [-0.1, -0.05) is 12.1 Å². The van der Waals surface area contributed by atoms with Crippen LogP contribution in [-0.2, 0) is 4.79 Å². The van der Waals surface area contributed by atoms with Gasteiger partial charge in [-0.3, -0.25) is 4.79 Å². The fraction of sp³-hybridized carbons (Fsp3) is 0. The summed E-state index contributed by atoms with van der Waals surface area (Å²) in [7, 11) is 0. The summed E-state index contributed by atoms with van der Waals surface area (Å²) in [6, 6.07) is 6.55. The van der Waals surface area contributed by atoms with Gasteiger partial charge in [-0.2, -0.15) is 0 Å². The summed E-state index contributed by atoms with van der Waals surface area (Å²) >= 11 is 0. The first-order chi connectivity index (χ1) is 7.68. The zero-order valence-electron chi connectivity index (χ0n) is 7.85. The van der Waals surface area contributed by atoms with Crippen LogP contribution in [-0.4, -0.2) is 11.8 Å². The van der Waals surface area contributed by atoms with Crippen molar-refractivity contribution < 1.29 is 18.7 Å². The summed E-state index contributed by atoms with van der Waals surface area (Å²) in [5.41, 5.74) is -0.873. The van der Waals surface area contributed by atoms with Gasteiger partial charge in [0.2, 0.25) is 0 Å². The summed E-state index contributed by atoms with van der Waals surface area (Å²) < 4.78 is 9.68. The molecular weight excluding hydrogens is 212 g/mol. The lowest BCUT2D eigenvalue weighted by molar-refractivity contribution is -0.128. The Morgan fingerprint density at radius 1 is 1.00 bits per heavy atom. The average molecular weight is 216 g/mol. The van der Waals surface area contributed by atoms with Crippen molar-refractivity contribution in [3.8, 4) is 5.75 Å². The summed E-state index contributed by atoms with van der Waals surface area (Å²) in [5.74, 6) is -1.99. The van der Waals surface area contributed by atoms with E-state index in [4.69, 9.17) is 9.15 Å². The lowest BCUT2D eigenvalue weighted by atomic mass is 10.1. The second kappa shape index (κ2) is 2.79. The van der Waals surface area contributed by atoms with Crippen molar-refractivity contribution in [2.24, 2.45) is 0 Å². The predicted octanol–water partition coefficient (Wildman–Crippen LogP) is 0.895. The van der Waals surface area contributed by atoms with Crippen molar-refractivity contribution in [3.63, 3.8) is 0 Å². The first-order valence-electron chi connectivity index (χ1n) is 4.51. The minimum absolute atomic E-state index is 0.00171. The molecule has 0 aliphatic carbocycles. The van der Waals surface area contributed by atoms with Gasteiger partial charge in [0.1, 0.15) is 5.58 Å². The molecule has 0 atom stereocenters. The molecular formula is C11H4O5. The number of hydrogen-bond acceptors (Lipinski definition) is 5. The smallest absolute Gasteiger partial charge is 0.385 e. The molecule has 0 unspecified atom stereocenters. The fourth-order valence-electron chi connectivity index (χ4n) is 1.66. The molecule has 16 heavy (non-hydrogen) atoms. The van der Waals surface area contributed by atoms with Crippen LogP contribution in [0.1, 0.15) is 10.4 Å². The fourth-order valence-corrected chi connectivity index (χ4v) is 1.66. The third kappa shape index (κ3) is 0.967. The predicted molar refractivity (Wildman–Crippen MR) is 52.4 cm³/mol. The molecule has 0 saturated heterocycles. The number of carbonyl (C=O) groups excluding carboxylic acids is 2. The summed E-state index contributed by atoms with van der Waals surface area (Å²) in [6.07, 6.45) is 0. The van der Waals surface area contributed by atoms with Gasteiger partial charge in [-0.25, -0.2) is 9.59 Å². The van der Waals surface area contributed by atoms with Crippen LogP contribution < -0.4 is 10.4 Å². The van der Waals surface area contributed by atoms with E-state index in [-0.39, 0.29) is 16.9 Å². The molecule has 0 saturated carbocycles. The summed E-state index contributed by atoms with van der Waals surface area (Å²) in [5, 5.41) is 0.441. The number of para-hydroxylation sites is 1. The Balaban J connectivity index is 2.53. The Morgan fingerprint density at radius 3 is 2.56 bits per heavy atom. The quantitative estimate of drug-likeness (QED) is 0.371. The maximum absolute atomic E-state index is 11.5. The third-order valence-electron chi connectivity index (χ3n) is 2.37. The van der Waals surface area contributed by atoms with E-state index in [0.717, 1.165) is 0 Å². The molecule has 3 rings (SSSR count). The highest BCUT2D eigenvalue weighted by Crippen LogP contribution is 2.31. The molecule has 1 aromatic carbocycles. The molecule has 1 aliphatic rings. The van der Waals surface area contributed by atoms with Gasteiger partial charge in [0.05, 0.1) is 5.39 Å². The zero-order valence-corrected chi connectivity index (χ0v) is 7.85. The van der Waals surface area contributed by atoms with E-state index in [1.54, 1.807) is 24.3 Å². The Bertz CT molecular complexity index is 695. The minimum atomic E-state index is -1.04. The number of benzene rings is 1. The van der Waals surface area contributed by atoms with Crippen LogP contribution in [0.2, 0.25) is 0 Å². The Kier molecular flexibility index (Phi) is 1.54. The molecule has 0 amide bonds. The van der Waals surface area contributed by atoms with Gasteiger partial charge in [0, 0.05) is 0 Å². The van der Waals surface area contributed by atoms with Gasteiger partial charge in [-0.05, 0) is 12.1 Å². The third-order valence-corrected chi connectivity index (χ3v) is 2.37. The van der Waals surface area contributed by atoms with Crippen molar-refractivity contribution >= 4 is 22.7 Å². The number of rotatable bonds is 0. The molecule has 1 aromatic heterocycles. The maximum atomic E-state index is 11.5.